The number of hydrogen-bond donors (Lipinski definition) is 1. The van der Waals surface area contributed by atoms with Crippen molar-refractivity contribution in [3.05, 3.63) is 12.2 Å². The van der Waals surface area contributed by atoms with Crippen LogP contribution in [0.2, 0.25) is 0 Å². The largest absolute Gasteiger partial charge is 0.282 e. The maximum absolute atomic E-state index is 12.5. The number of nitrogens with one attached hydrogen (secondary N) is 1. The van der Waals surface area contributed by atoms with Gasteiger partial charge in [0.05, 0.1) is 6.54 Å². The Kier molecular flexibility index (Phi) is 4.22. The Bertz CT molecular complexity index is 491. The molecule has 1 aliphatic rings. The first-order chi connectivity index (χ1) is 8.89. The van der Waals surface area contributed by atoms with Crippen molar-refractivity contribution in [2.75, 3.05) is 20.1 Å². The Morgan fingerprint density at radius 1 is 1.42 bits per heavy atom. The van der Waals surface area contributed by atoms with Gasteiger partial charge >= 0.3 is 0 Å². The molecule has 1 saturated heterocycles. The number of rotatable bonds is 4. The van der Waals surface area contributed by atoms with E-state index in [4.69, 9.17) is 0 Å². The van der Waals surface area contributed by atoms with E-state index in [2.05, 4.69) is 29.0 Å². The van der Waals surface area contributed by atoms with Gasteiger partial charge in [-0.3, -0.25) is 5.10 Å². The summed E-state index contributed by atoms with van der Waals surface area (Å²) in [4.78, 5) is 3.95. The Morgan fingerprint density at radius 2 is 2.05 bits per heavy atom. The van der Waals surface area contributed by atoms with Crippen LogP contribution in [0.15, 0.2) is 6.33 Å². The van der Waals surface area contributed by atoms with E-state index >= 15 is 0 Å². The SMILES string of the molecule is CC1CC(C)CN(S(=O)(=O)N(C)Cc2ncn[nH]2)C1. The van der Waals surface area contributed by atoms with E-state index in [0.717, 1.165) is 6.42 Å². The van der Waals surface area contributed by atoms with E-state index in [0.29, 0.717) is 30.7 Å². The van der Waals surface area contributed by atoms with Crippen LogP contribution in [0.3, 0.4) is 0 Å². The third kappa shape index (κ3) is 3.31. The minimum absolute atomic E-state index is 0.210. The fourth-order valence-corrected chi connectivity index (χ4v) is 4.16. The van der Waals surface area contributed by atoms with Crippen molar-refractivity contribution in [3.8, 4) is 0 Å². The molecule has 1 aromatic heterocycles. The summed E-state index contributed by atoms with van der Waals surface area (Å²) in [6.07, 6.45) is 2.46. The number of piperidine rings is 1. The molecule has 19 heavy (non-hydrogen) atoms. The first kappa shape index (κ1) is 14.4. The molecule has 1 fully saturated rings. The van der Waals surface area contributed by atoms with Gasteiger partial charge in [-0.15, -0.1) is 0 Å². The maximum atomic E-state index is 12.5. The first-order valence-corrected chi connectivity index (χ1v) is 7.85. The molecule has 0 amide bonds. The molecule has 108 valence electrons. The Morgan fingerprint density at radius 3 is 2.58 bits per heavy atom. The number of aromatic amines is 1. The molecule has 1 aromatic rings. The van der Waals surface area contributed by atoms with Gasteiger partial charge in [0.2, 0.25) is 0 Å². The van der Waals surface area contributed by atoms with Gasteiger partial charge in [-0.1, -0.05) is 13.8 Å². The van der Waals surface area contributed by atoms with Crippen molar-refractivity contribution in [3.63, 3.8) is 0 Å². The average Bonchev–Trinajstić information content (AvgIpc) is 2.80. The minimum Gasteiger partial charge on any atom is -0.262 e. The lowest BCUT2D eigenvalue weighted by molar-refractivity contribution is 0.211. The van der Waals surface area contributed by atoms with Crippen molar-refractivity contribution in [2.45, 2.75) is 26.8 Å². The minimum atomic E-state index is -3.43. The molecule has 0 bridgehead atoms. The van der Waals surface area contributed by atoms with Crippen LogP contribution >= 0.6 is 0 Å². The number of aromatic nitrogens is 3. The highest BCUT2D eigenvalue weighted by Gasteiger charge is 2.33. The van der Waals surface area contributed by atoms with E-state index < -0.39 is 10.2 Å². The lowest BCUT2D eigenvalue weighted by Crippen LogP contribution is -2.48. The van der Waals surface area contributed by atoms with Gasteiger partial charge in [0.15, 0.2) is 0 Å². The molecule has 0 aliphatic carbocycles. The van der Waals surface area contributed by atoms with Crippen molar-refractivity contribution in [2.24, 2.45) is 11.8 Å². The van der Waals surface area contributed by atoms with Crippen LogP contribution in [-0.4, -0.2) is 52.3 Å². The van der Waals surface area contributed by atoms with Crippen molar-refractivity contribution >= 4 is 10.2 Å². The smallest absolute Gasteiger partial charge is 0.262 e. The lowest BCUT2D eigenvalue weighted by atomic mass is 9.94. The van der Waals surface area contributed by atoms with Crippen molar-refractivity contribution in [1.29, 1.82) is 0 Å². The summed E-state index contributed by atoms with van der Waals surface area (Å²) in [5.41, 5.74) is 0. The predicted molar refractivity (Wildman–Crippen MR) is 71.3 cm³/mol. The van der Waals surface area contributed by atoms with E-state index in [9.17, 15) is 8.42 Å². The standard InChI is InChI=1S/C11H21N5O2S/c1-9-4-10(2)6-16(5-9)19(17,18)15(3)7-11-12-8-13-14-11/h8-10H,4-7H2,1-3H3,(H,12,13,14). The number of hydrogen-bond acceptors (Lipinski definition) is 4. The molecule has 0 radical (unpaired) electrons. The van der Waals surface area contributed by atoms with E-state index in [1.165, 1.54) is 10.6 Å². The van der Waals surface area contributed by atoms with Crippen LogP contribution in [0.1, 0.15) is 26.1 Å². The van der Waals surface area contributed by atoms with Crippen LogP contribution in [0, 0.1) is 11.8 Å². The molecule has 2 atom stereocenters. The van der Waals surface area contributed by atoms with Gasteiger partial charge in [-0.25, -0.2) is 4.98 Å². The summed E-state index contributed by atoms with van der Waals surface area (Å²) in [5, 5.41) is 6.40. The monoisotopic (exact) mass is 287 g/mol. The number of H-pyrrole nitrogens is 1. The molecular weight excluding hydrogens is 266 g/mol. The van der Waals surface area contributed by atoms with Gasteiger partial charge in [0.25, 0.3) is 10.2 Å². The zero-order chi connectivity index (χ0) is 14.0. The fourth-order valence-electron chi connectivity index (χ4n) is 2.59. The molecule has 0 aromatic carbocycles. The third-order valence-corrected chi connectivity index (χ3v) is 5.26. The topological polar surface area (TPSA) is 82.2 Å². The Balaban J connectivity index is 2.08. The fraction of sp³-hybridized carbons (Fsp3) is 0.818. The van der Waals surface area contributed by atoms with E-state index in [-0.39, 0.29) is 6.54 Å². The van der Waals surface area contributed by atoms with Crippen LogP contribution in [-0.2, 0) is 16.8 Å². The quantitative estimate of drug-likeness (QED) is 0.872. The molecule has 7 nitrogen and oxygen atoms in total. The van der Waals surface area contributed by atoms with Crippen LogP contribution < -0.4 is 0 Å². The summed E-state index contributed by atoms with van der Waals surface area (Å²) in [6.45, 7) is 5.58. The average molecular weight is 287 g/mol. The molecule has 2 heterocycles. The number of nitrogens with zero attached hydrogens (tertiary/aromatic N) is 4. The molecule has 1 aliphatic heterocycles. The molecule has 0 saturated carbocycles. The summed E-state index contributed by atoms with van der Waals surface area (Å²) in [5.74, 6) is 1.35. The van der Waals surface area contributed by atoms with Crippen molar-refractivity contribution < 1.29 is 8.42 Å². The maximum Gasteiger partial charge on any atom is 0.282 e. The summed E-state index contributed by atoms with van der Waals surface area (Å²) in [6, 6.07) is 0. The predicted octanol–water partition coefficient (Wildman–Crippen LogP) is 0.459. The summed E-state index contributed by atoms with van der Waals surface area (Å²) in [7, 11) is -1.85. The molecule has 1 N–H and O–H groups in total. The molecule has 8 heteroatoms. The highest BCUT2D eigenvalue weighted by molar-refractivity contribution is 7.86. The molecule has 2 unspecified atom stereocenters. The molecule has 0 spiro atoms. The van der Waals surface area contributed by atoms with Crippen LogP contribution in [0.5, 0.6) is 0 Å². The normalized spacial score (nSPS) is 25.9. The van der Waals surface area contributed by atoms with E-state index in [1.54, 1.807) is 11.4 Å². The second-order valence-corrected chi connectivity index (χ2v) is 7.49. The zero-order valence-corrected chi connectivity index (χ0v) is 12.4. The van der Waals surface area contributed by atoms with Crippen LogP contribution in [0.25, 0.3) is 0 Å². The highest BCUT2D eigenvalue weighted by atomic mass is 32.2. The molecular formula is C11H21N5O2S. The Hall–Kier alpha value is -0.990. The highest BCUT2D eigenvalue weighted by Crippen LogP contribution is 2.24. The third-order valence-electron chi connectivity index (χ3n) is 3.39. The van der Waals surface area contributed by atoms with Crippen LogP contribution in [0.4, 0.5) is 0 Å². The Labute approximate surface area is 114 Å². The second-order valence-electron chi connectivity index (χ2n) is 5.46. The van der Waals surface area contributed by atoms with Gasteiger partial charge in [-0.2, -0.15) is 22.1 Å². The van der Waals surface area contributed by atoms with E-state index in [1.807, 2.05) is 0 Å². The lowest BCUT2D eigenvalue weighted by Gasteiger charge is -2.36. The van der Waals surface area contributed by atoms with Gasteiger partial charge in [-0.05, 0) is 18.3 Å². The summed E-state index contributed by atoms with van der Waals surface area (Å²) < 4.78 is 27.9. The van der Waals surface area contributed by atoms with Gasteiger partial charge in [0.1, 0.15) is 12.2 Å². The van der Waals surface area contributed by atoms with Gasteiger partial charge in [0, 0.05) is 20.1 Å². The van der Waals surface area contributed by atoms with Crippen molar-refractivity contribution in [1.82, 2.24) is 23.8 Å². The second kappa shape index (κ2) is 5.56. The molecule has 2 rings (SSSR count). The first-order valence-electron chi connectivity index (χ1n) is 6.45. The zero-order valence-electron chi connectivity index (χ0n) is 11.6. The summed E-state index contributed by atoms with van der Waals surface area (Å²) >= 11 is 0. The van der Waals surface area contributed by atoms with Gasteiger partial charge < -0.3 is 0 Å².